The number of aromatic nitrogens is 3. The molecular weight excluding hydrogens is 408 g/mol. The van der Waals surface area contributed by atoms with Crippen molar-refractivity contribution in [3.05, 3.63) is 72.3 Å². The summed E-state index contributed by atoms with van der Waals surface area (Å²) in [6, 6.07) is 14.0. The van der Waals surface area contributed by atoms with Crippen LogP contribution in [0, 0.1) is 6.92 Å². The Kier molecular flexibility index (Phi) is 6.62. The molecule has 0 fully saturated rings. The highest BCUT2D eigenvalue weighted by atomic mass is 32.1. The van der Waals surface area contributed by atoms with Crippen LogP contribution in [-0.2, 0) is 17.8 Å². The van der Waals surface area contributed by atoms with Crippen molar-refractivity contribution in [2.24, 2.45) is 0 Å². The first kappa shape index (κ1) is 21.1. The Morgan fingerprint density at radius 1 is 1.23 bits per heavy atom. The molecule has 2 aromatic heterocycles. The van der Waals surface area contributed by atoms with Crippen molar-refractivity contribution in [1.29, 1.82) is 0 Å². The molecule has 0 radical (unpaired) electrons. The molecule has 0 atom stereocenters. The van der Waals surface area contributed by atoms with Gasteiger partial charge in [0.05, 0.1) is 29.6 Å². The molecule has 0 aliphatic carbocycles. The maximum Gasteiger partial charge on any atom is 0.233 e. The largest absolute Gasteiger partial charge is 0.494 e. The second kappa shape index (κ2) is 9.75. The van der Waals surface area contributed by atoms with Crippen LogP contribution >= 0.6 is 11.3 Å². The summed E-state index contributed by atoms with van der Waals surface area (Å²) < 4.78 is 8.66. The van der Waals surface area contributed by atoms with E-state index in [1.165, 1.54) is 11.3 Å². The minimum absolute atomic E-state index is 0.0559. The molecule has 0 spiro atoms. The van der Waals surface area contributed by atoms with E-state index in [4.69, 9.17) is 9.72 Å². The van der Waals surface area contributed by atoms with E-state index >= 15 is 0 Å². The van der Waals surface area contributed by atoms with Gasteiger partial charge in [-0.05, 0) is 44.0 Å². The quantitative estimate of drug-likeness (QED) is 0.377. The molecule has 0 unspecified atom stereocenters. The normalized spacial score (nSPS) is 11.0. The molecule has 2 heterocycles. The van der Waals surface area contributed by atoms with Crippen molar-refractivity contribution in [3.8, 4) is 5.75 Å². The second-order valence-electron chi connectivity index (χ2n) is 7.42. The van der Waals surface area contributed by atoms with Gasteiger partial charge in [0.15, 0.2) is 5.13 Å². The Morgan fingerprint density at radius 3 is 2.90 bits per heavy atom. The first-order valence-electron chi connectivity index (χ1n) is 10.5. The highest BCUT2D eigenvalue weighted by Gasteiger charge is 2.20. The van der Waals surface area contributed by atoms with Gasteiger partial charge in [-0.3, -0.25) is 9.69 Å². The number of amides is 1. The van der Waals surface area contributed by atoms with E-state index in [-0.39, 0.29) is 5.91 Å². The number of carbonyl (C=O) groups excluding carboxylic acids is 1. The predicted octanol–water partition coefficient (Wildman–Crippen LogP) is 4.87. The van der Waals surface area contributed by atoms with Gasteiger partial charge in [-0.15, -0.1) is 0 Å². The van der Waals surface area contributed by atoms with Gasteiger partial charge < -0.3 is 9.30 Å². The van der Waals surface area contributed by atoms with E-state index in [1.54, 1.807) is 12.5 Å². The summed E-state index contributed by atoms with van der Waals surface area (Å²) in [5.74, 6) is 0.878. The lowest BCUT2D eigenvalue weighted by Gasteiger charge is -2.20. The molecular formula is C24H26N4O2S. The van der Waals surface area contributed by atoms with E-state index in [2.05, 4.69) is 11.1 Å². The monoisotopic (exact) mass is 434 g/mol. The fourth-order valence-electron chi connectivity index (χ4n) is 3.51. The number of benzene rings is 2. The number of nitrogens with zero attached hydrogens (tertiary/aromatic N) is 4. The fourth-order valence-corrected chi connectivity index (χ4v) is 4.55. The third kappa shape index (κ3) is 5.30. The van der Waals surface area contributed by atoms with Crippen LogP contribution in [0.3, 0.4) is 0 Å². The van der Waals surface area contributed by atoms with E-state index in [0.29, 0.717) is 19.6 Å². The van der Waals surface area contributed by atoms with Crippen LogP contribution in [0.1, 0.15) is 24.5 Å². The summed E-state index contributed by atoms with van der Waals surface area (Å²) in [5, 5.41) is 0.729. The zero-order valence-corrected chi connectivity index (χ0v) is 18.6. The molecule has 31 heavy (non-hydrogen) atoms. The molecule has 0 N–H and O–H groups in total. The average Bonchev–Trinajstić information content (AvgIpc) is 3.40. The van der Waals surface area contributed by atoms with Crippen molar-refractivity contribution < 1.29 is 9.53 Å². The Hall–Kier alpha value is -3.19. The summed E-state index contributed by atoms with van der Waals surface area (Å²) in [4.78, 5) is 24.0. The second-order valence-corrected chi connectivity index (χ2v) is 8.43. The predicted molar refractivity (Wildman–Crippen MR) is 125 cm³/mol. The van der Waals surface area contributed by atoms with Crippen LogP contribution < -0.4 is 9.64 Å². The number of imidazole rings is 1. The van der Waals surface area contributed by atoms with Crippen LogP contribution in [0.25, 0.3) is 10.2 Å². The fraction of sp³-hybridized carbons (Fsp3) is 0.292. The van der Waals surface area contributed by atoms with Crippen molar-refractivity contribution in [3.63, 3.8) is 0 Å². The highest BCUT2D eigenvalue weighted by molar-refractivity contribution is 7.22. The lowest BCUT2D eigenvalue weighted by Crippen LogP contribution is -2.33. The highest BCUT2D eigenvalue weighted by Crippen LogP contribution is 2.32. The first-order valence-corrected chi connectivity index (χ1v) is 11.3. The molecule has 2 aromatic carbocycles. The van der Waals surface area contributed by atoms with Gasteiger partial charge in [-0.2, -0.15) is 0 Å². The zero-order chi connectivity index (χ0) is 21.6. The lowest BCUT2D eigenvalue weighted by molar-refractivity contribution is -0.118. The summed E-state index contributed by atoms with van der Waals surface area (Å²) in [5.41, 5.74) is 3.05. The molecule has 4 aromatic rings. The topological polar surface area (TPSA) is 60.2 Å². The Labute approximate surface area is 186 Å². The molecule has 1 amide bonds. The van der Waals surface area contributed by atoms with E-state index in [9.17, 15) is 4.79 Å². The van der Waals surface area contributed by atoms with Crippen LogP contribution in [0.15, 0.2) is 61.2 Å². The van der Waals surface area contributed by atoms with Crippen LogP contribution in [-0.4, -0.2) is 33.6 Å². The number of rotatable bonds is 9. The number of aryl methyl sites for hydroxylation is 2. The zero-order valence-electron chi connectivity index (χ0n) is 17.8. The van der Waals surface area contributed by atoms with Gasteiger partial charge in [-0.25, -0.2) is 9.97 Å². The maximum absolute atomic E-state index is 13.3. The van der Waals surface area contributed by atoms with Crippen molar-refractivity contribution in [1.82, 2.24) is 14.5 Å². The van der Waals surface area contributed by atoms with E-state index < -0.39 is 0 Å². The summed E-state index contributed by atoms with van der Waals surface area (Å²) in [6.45, 7) is 6.02. The van der Waals surface area contributed by atoms with Gasteiger partial charge in [-0.1, -0.05) is 41.2 Å². The molecule has 160 valence electrons. The van der Waals surface area contributed by atoms with E-state index in [0.717, 1.165) is 45.2 Å². The van der Waals surface area contributed by atoms with E-state index in [1.807, 2.05) is 65.9 Å². The molecule has 0 aliphatic rings. The van der Waals surface area contributed by atoms with Gasteiger partial charge in [0.1, 0.15) is 5.75 Å². The smallest absolute Gasteiger partial charge is 0.233 e. The molecule has 0 saturated carbocycles. The van der Waals surface area contributed by atoms with Crippen LogP contribution in [0.2, 0.25) is 0 Å². The van der Waals surface area contributed by atoms with Gasteiger partial charge in [0.25, 0.3) is 0 Å². The Bertz CT molecular complexity index is 1150. The average molecular weight is 435 g/mol. The number of fused-ring (bicyclic) bond motifs is 1. The minimum Gasteiger partial charge on any atom is -0.494 e. The number of ether oxygens (including phenoxy) is 1. The summed E-state index contributed by atoms with van der Waals surface area (Å²) in [7, 11) is 0. The van der Waals surface area contributed by atoms with Gasteiger partial charge >= 0.3 is 0 Å². The van der Waals surface area contributed by atoms with Gasteiger partial charge in [0, 0.05) is 25.5 Å². The maximum atomic E-state index is 13.3. The van der Waals surface area contributed by atoms with Crippen LogP contribution in [0.4, 0.5) is 5.13 Å². The van der Waals surface area contributed by atoms with Crippen molar-refractivity contribution >= 4 is 32.6 Å². The number of carbonyl (C=O) groups is 1. The molecule has 7 heteroatoms. The number of anilines is 1. The van der Waals surface area contributed by atoms with Crippen molar-refractivity contribution in [2.75, 3.05) is 18.1 Å². The standard InChI is InChI=1S/C24H26N4O2S/c1-3-30-20-8-9-21-22(16-20)31-24(26-21)28(12-5-11-27-13-10-25-17-27)23(29)15-19-7-4-6-18(2)14-19/h4,6-10,13-14,16-17H,3,5,11-12,15H2,1-2H3. The number of hydrogen-bond acceptors (Lipinski definition) is 5. The number of hydrogen-bond donors (Lipinski definition) is 0. The SMILES string of the molecule is CCOc1ccc2nc(N(CCCn3ccnc3)C(=O)Cc3cccc(C)c3)sc2c1. The number of thiazole rings is 1. The molecule has 0 bridgehead atoms. The summed E-state index contributed by atoms with van der Waals surface area (Å²) in [6.07, 6.45) is 6.67. The van der Waals surface area contributed by atoms with Crippen molar-refractivity contribution in [2.45, 2.75) is 33.2 Å². The third-order valence-corrected chi connectivity index (χ3v) is 6.03. The first-order chi connectivity index (χ1) is 15.1. The third-order valence-electron chi connectivity index (χ3n) is 4.99. The molecule has 0 saturated heterocycles. The van der Waals surface area contributed by atoms with Crippen LogP contribution in [0.5, 0.6) is 5.75 Å². The molecule has 6 nitrogen and oxygen atoms in total. The molecule has 0 aliphatic heterocycles. The Morgan fingerprint density at radius 2 is 2.13 bits per heavy atom. The minimum atomic E-state index is 0.0559. The molecule has 4 rings (SSSR count). The Balaban J connectivity index is 1.57. The van der Waals surface area contributed by atoms with Gasteiger partial charge in [0.2, 0.25) is 5.91 Å². The summed E-state index contributed by atoms with van der Waals surface area (Å²) >= 11 is 1.53. The lowest BCUT2D eigenvalue weighted by atomic mass is 10.1.